The first-order valence-electron chi connectivity index (χ1n) is 8.85. The number of benzene rings is 2. The fourth-order valence-corrected chi connectivity index (χ4v) is 3.48. The summed E-state index contributed by atoms with van der Waals surface area (Å²) in [4.78, 5) is 12.4. The van der Waals surface area contributed by atoms with E-state index < -0.39 is 0 Å². The van der Waals surface area contributed by atoms with Crippen LogP contribution in [0.3, 0.4) is 0 Å². The lowest BCUT2D eigenvalue weighted by atomic mass is 9.85. The first kappa shape index (κ1) is 19.5. The summed E-state index contributed by atoms with van der Waals surface area (Å²) in [5.74, 6) is 0.213. The second kappa shape index (κ2) is 9.02. The van der Waals surface area contributed by atoms with Gasteiger partial charge in [0.2, 0.25) is 5.91 Å². The van der Waals surface area contributed by atoms with E-state index in [1.54, 1.807) is 0 Å². The maximum atomic E-state index is 12.4. The first-order chi connectivity index (χ1) is 11.6. The van der Waals surface area contributed by atoms with Gasteiger partial charge in [-0.2, -0.15) is 0 Å². The minimum Gasteiger partial charge on any atom is -0.349 e. The fourth-order valence-electron chi connectivity index (χ4n) is 3.48. The van der Waals surface area contributed by atoms with E-state index >= 15 is 0 Å². The largest absolute Gasteiger partial charge is 0.349 e. The van der Waals surface area contributed by atoms with Gasteiger partial charge in [0, 0.05) is 12.0 Å². The number of carbonyl (C=O) groups excluding carboxylic acids is 1. The van der Waals surface area contributed by atoms with Gasteiger partial charge in [-0.25, -0.2) is 0 Å². The third-order valence-corrected chi connectivity index (χ3v) is 4.96. The zero-order valence-electron chi connectivity index (χ0n) is 14.7. The second-order valence-electron chi connectivity index (χ2n) is 6.84. The van der Waals surface area contributed by atoms with Crippen LogP contribution in [0.15, 0.2) is 54.6 Å². The van der Waals surface area contributed by atoms with E-state index in [2.05, 4.69) is 41.7 Å². The van der Waals surface area contributed by atoms with Crippen molar-refractivity contribution in [1.82, 2.24) is 5.32 Å². The molecule has 3 unspecified atom stereocenters. The van der Waals surface area contributed by atoms with Gasteiger partial charge < -0.3 is 11.1 Å². The Kier molecular flexibility index (Phi) is 7.03. The molecule has 3 nitrogen and oxygen atoms in total. The molecule has 25 heavy (non-hydrogen) atoms. The monoisotopic (exact) mass is 358 g/mol. The molecule has 2 aromatic rings. The van der Waals surface area contributed by atoms with Crippen molar-refractivity contribution in [3.8, 4) is 11.1 Å². The molecule has 0 bridgehead atoms. The number of carbonyl (C=O) groups is 1. The summed E-state index contributed by atoms with van der Waals surface area (Å²) in [7, 11) is 0. The van der Waals surface area contributed by atoms with Crippen LogP contribution in [0.4, 0.5) is 0 Å². The standard InChI is InChI=1S/C21H26N2O.ClH/c1-15(23-21(24)19-8-5-9-20(22)14-19)16-10-12-18(13-11-16)17-6-3-2-4-7-17;/h2-4,6-7,10-13,15,19-20H,5,8-9,14,22H2,1H3,(H,23,24);1H. The highest BCUT2D eigenvalue weighted by Gasteiger charge is 2.26. The van der Waals surface area contributed by atoms with Crippen molar-refractivity contribution in [3.05, 3.63) is 60.2 Å². The van der Waals surface area contributed by atoms with Crippen molar-refractivity contribution in [2.24, 2.45) is 11.7 Å². The van der Waals surface area contributed by atoms with Gasteiger partial charge in [0.05, 0.1) is 6.04 Å². The van der Waals surface area contributed by atoms with Crippen LogP contribution in [0.2, 0.25) is 0 Å². The van der Waals surface area contributed by atoms with E-state index in [0.29, 0.717) is 0 Å². The van der Waals surface area contributed by atoms with Crippen LogP contribution in [0, 0.1) is 5.92 Å². The van der Waals surface area contributed by atoms with Gasteiger partial charge in [0.15, 0.2) is 0 Å². The number of halogens is 1. The van der Waals surface area contributed by atoms with Crippen LogP contribution >= 0.6 is 12.4 Å². The lowest BCUT2D eigenvalue weighted by Gasteiger charge is -2.27. The number of hydrogen-bond donors (Lipinski definition) is 2. The van der Waals surface area contributed by atoms with Crippen molar-refractivity contribution >= 4 is 18.3 Å². The first-order valence-corrected chi connectivity index (χ1v) is 8.85. The molecule has 0 spiro atoms. The van der Waals surface area contributed by atoms with Crippen molar-refractivity contribution < 1.29 is 4.79 Å². The van der Waals surface area contributed by atoms with Gasteiger partial charge in [0.1, 0.15) is 0 Å². The quantitative estimate of drug-likeness (QED) is 0.847. The number of hydrogen-bond acceptors (Lipinski definition) is 2. The predicted octanol–water partition coefficient (Wildman–Crippen LogP) is 4.47. The van der Waals surface area contributed by atoms with Crippen LogP contribution in [0.5, 0.6) is 0 Å². The highest BCUT2D eigenvalue weighted by Crippen LogP contribution is 2.25. The zero-order chi connectivity index (χ0) is 16.9. The Labute approximate surface area is 156 Å². The molecule has 3 atom stereocenters. The lowest BCUT2D eigenvalue weighted by Crippen LogP contribution is -2.38. The topological polar surface area (TPSA) is 55.1 Å². The van der Waals surface area contributed by atoms with E-state index in [-0.39, 0.29) is 36.3 Å². The third-order valence-electron chi connectivity index (χ3n) is 4.96. The van der Waals surface area contributed by atoms with Gasteiger partial charge in [-0.05, 0) is 42.9 Å². The van der Waals surface area contributed by atoms with E-state index in [9.17, 15) is 4.79 Å². The molecule has 1 amide bonds. The Hall–Kier alpha value is -1.84. The summed E-state index contributed by atoms with van der Waals surface area (Å²) in [5.41, 5.74) is 9.52. The van der Waals surface area contributed by atoms with Crippen LogP contribution < -0.4 is 11.1 Å². The molecule has 1 aliphatic carbocycles. The minimum atomic E-state index is 0. The van der Waals surface area contributed by atoms with Crippen molar-refractivity contribution in [2.45, 2.75) is 44.7 Å². The third kappa shape index (κ3) is 5.07. The Morgan fingerprint density at radius 1 is 1.04 bits per heavy atom. The number of amides is 1. The highest BCUT2D eigenvalue weighted by molar-refractivity contribution is 5.85. The van der Waals surface area contributed by atoms with E-state index in [0.717, 1.165) is 31.2 Å². The van der Waals surface area contributed by atoms with Crippen molar-refractivity contribution in [2.75, 3.05) is 0 Å². The molecule has 0 saturated heterocycles. The molecule has 4 heteroatoms. The molecular formula is C21H27ClN2O. The molecule has 134 valence electrons. The molecule has 3 rings (SSSR count). The fraction of sp³-hybridized carbons (Fsp3) is 0.381. The summed E-state index contributed by atoms with van der Waals surface area (Å²) >= 11 is 0. The van der Waals surface area contributed by atoms with Crippen LogP contribution in [-0.4, -0.2) is 11.9 Å². The van der Waals surface area contributed by atoms with Gasteiger partial charge in [-0.3, -0.25) is 4.79 Å². The molecule has 0 radical (unpaired) electrons. The average Bonchev–Trinajstić information content (AvgIpc) is 2.62. The van der Waals surface area contributed by atoms with Crippen LogP contribution in [0.25, 0.3) is 11.1 Å². The summed E-state index contributed by atoms with van der Waals surface area (Å²) in [6.07, 6.45) is 3.87. The molecular weight excluding hydrogens is 332 g/mol. The zero-order valence-corrected chi connectivity index (χ0v) is 15.5. The lowest BCUT2D eigenvalue weighted by molar-refractivity contribution is -0.126. The van der Waals surface area contributed by atoms with E-state index in [1.165, 1.54) is 11.1 Å². The summed E-state index contributed by atoms with van der Waals surface area (Å²) in [6, 6.07) is 18.9. The SMILES string of the molecule is CC(NC(=O)C1CCCC(N)C1)c1ccc(-c2ccccc2)cc1.Cl. The molecule has 0 aromatic heterocycles. The highest BCUT2D eigenvalue weighted by atomic mass is 35.5. The molecule has 0 aliphatic heterocycles. The predicted molar refractivity (Wildman–Crippen MR) is 106 cm³/mol. The van der Waals surface area contributed by atoms with Gasteiger partial charge in [0.25, 0.3) is 0 Å². The molecule has 2 aromatic carbocycles. The molecule has 1 aliphatic rings. The normalized spacial score (nSPS) is 21.0. The molecule has 1 saturated carbocycles. The van der Waals surface area contributed by atoms with Gasteiger partial charge >= 0.3 is 0 Å². The minimum absolute atomic E-state index is 0. The Balaban J connectivity index is 0.00000225. The van der Waals surface area contributed by atoms with Gasteiger partial charge in [-0.1, -0.05) is 61.0 Å². The Morgan fingerprint density at radius 2 is 1.68 bits per heavy atom. The van der Waals surface area contributed by atoms with Gasteiger partial charge in [-0.15, -0.1) is 12.4 Å². The summed E-state index contributed by atoms with van der Waals surface area (Å²) in [5, 5.41) is 3.15. The number of nitrogens with one attached hydrogen (secondary N) is 1. The number of rotatable bonds is 4. The molecule has 3 N–H and O–H groups in total. The molecule has 0 heterocycles. The summed E-state index contributed by atoms with van der Waals surface area (Å²) in [6.45, 7) is 2.04. The average molecular weight is 359 g/mol. The second-order valence-corrected chi connectivity index (χ2v) is 6.84. The van der Waals surface area contributed by atoms with Crippen molar-refractivity contribution in [1.29, 1.82) is 0 Å². The van der Waals surface area contributed by atoms with E-state index in [4.69, 9.17) is 5.73 Å². The van der Waals surface area contributed by atoms with Crippen LogP contribution in [-0.2, 0) is 4.79 Å². The smallest absolute Gasteiger partial charge is 0.223 e. The molecule has 1 fully saturated rings. The summed E-state index contributed by atoms with van der Waals surface area (Å²) < 4.78 is 0. The Bertz CT molecular complexity index is 672. The maximum Gasteiger partial charge on any atom is 0.223 e. The maximum absolute atomic E-state index is 12.4. The van der Waals surface area contributed by atoms with E-state index in [1.807, 2.05) is 25.1 Å². The number of nitrogens with two attached hydrogens (primary N) is 1. The van der Waals surface area contributed by atoms with Crippen LogP contribution in [0.1, 0.15) is 44.2 Å². The van der Waals surface area contributed by atoms with Crippen molar-refractivity contribution in [3.63, 3.8) is 0 Å². The Morgan fingerprint density at radius 3 is 2.32 bits per heavy atom.